The first-order valence-electron chi connectivity index (χ1n) is 9.01. The molecule has 1 aromatic carbocycles. The fourth-order valence-corrected chi connectivity index (χ4v) is 2.97. The van der Waals surface area contributed by atoms with E-state index in [9.17, 15) is 0 Å². The van der Waals surface area contributed by atoms with Crippen LogP contribution in [0.3, 0.4) is 0 Å². The SMILES string of the molecule is CCCCCCCCCCCCc1ccc(N)c(C)c1C. The zero-order valence-corrected chi connectivity index (χ0v) is 14.5. The van der Waals surface area contributed by atoms with Crippen LogP contribution in [0.25, 0.3) is 0 Å². The molecule has 21 heavy (non-hydrogen) atoms. The molecule has 1 nitrogen and oxygen atoms in total. The molecule has 0 aliphatic rings. The van der Waals surface area contributed by atoms with Crippen molar-refractivity contribution >= 4 is 5.69 Å². The molecule has 1 heteroatoms. The molecule has 0 fully saturated rings. The van der Waals surface area contributed by atoms with Gasteiger partial charge in [0.25, 0.3) is 0 Å². The second-order valence-electron chi connectivity index (χ2n) is 6.50. The summed E-state index contributed by atoms with van der Waals surface area (Å²) in [5.74, 6) is 0. The van der Waals surface area contributed by atoms with E-state index in [0.717, 1.165) is 5.69 Å². The Morgan fingerprint density at radius 3 is 1.81 bits per heavy atom. The number of anilines is 1. The molecule has 0 spiro atoms. The predicted molar refractivity (Wildman–Crippen MR) is 95.9 cm³/mol. The van der Waals surface area contributed by atoms with Crippen molar-refractivity contribution in [3.63, 3.8) is 0 Å². The molecule has 0 atom stereocenters. The monoisotopic (exact) mass is 289 g/mol. The summed E-state index contributed by atoms with van der Waals surface area (Å²) < 4.78 is 0. The van der Waals surface area contributed by atoms with Crippen molar-refractivity contribution < 1.29 is 0 Å². The van der Waals surface area contributed by atoms with Crippen LogP contribution in [0.1, 0.15) is 87.8 Å². The van der Waals surface area contributed by atoms with Gasteiger partial charge in [-0.05, 0) is 49.4 Å². The first-order chi connectivity index (χ1) is 10.2. The van der Waals surface area contributed by atoms with E-state index in [1.165, 1.54) is 87.3 Å². The summed E-state index contributed by atoms with van der Waals surface area (Å²) in [4.78, 5) is 0. The van der Waals surface area contributed by atoms with Crippen molar-refractivity contribution in [2.75, 3.05) is 5.73 Å². The highest BCUT2D eigenvalue weighted by molar-refractivity contribution is 5.52. The molecule has 120 valence electrons. The Kier molecular flexibility index (Phi) is 9.21. The fraction of sp³-hybridized carbons (Fsp3) is 0.700. The van der Waals surface area contributed by atoms with Gasteiger partial charge >= 0.3 is 0 Å². The zero-order valence-electron chi connectivity index (χ0n) is 14.5. The minimum atomic E-state index is 0.930. The van der Waals surface area contributed by atoms with Gasteiger partial charge in [-0.1, -0.05) is 70.8 Å². The first kappa shape index (κ1) is 18.1. The first-order valence-corrected chi connectivity index (χ1v) is 9.01. The van der Waals surface area contributed by atoms with E-state index >= 15 is 0 Å². The average Bonchev–Trinajstić information content (AvgIpc) is 2.49. The second-order valence-corrected chi connectivity index (χ2v) is 6.50. The fourth-order valence-electron chi connectivity index (χ4n) is 2.97. The highest BCUT2D eigenvalue weighted by atomic mass is 14.6. The van der Waals surface area contributed by atoms with Gasteiger partial charge in [-0.3, -0.25) is 0 Å². The minimum Gasteiger partial charge on any atom is -0.399 e. The molecule has 1 aromatic rings. The van der Waals surface area contributed by atoms with E-state index in [1.54, 1.807) is 0 Å². The van der Waals surface area contributed by atoms with E-state index in [1.807, 2.05) is 0 Å². The van der Waals surface area contributed by atoms with Crippen LogP contribution in [-0.2, 0) is 6.42 Å². The summed E-state index contributed by atoms with van der Waals surface area (Å²) in [5, 5.41) is 0. The Morgan fingerprint density at radius 2 is 1.24 bits per heavy atom. The van der Waals surface area contributed by atoms with Crippen molar-refractivity contribution in [3.05, 3.63) is 28.8 Å². The Bertz CT molecular complexity index is 395. The van der Waals surface area contributed by atoms with Gasteiger partial charge in [-0.25, -0.2) is 0 Å². The van der Waals surface area contributed by atoms with Gasteiger partial charge in [0, 0.05) is 5.69 Å². The Labute approximate surface area is 132 Å². The maximum atomic E-state index is 5.94. The number of nitrogens with two attached hydrogens (primary N) is 1. The van der Waals surface area contributed by atoms with E-state index in [2.05, 4.69) is 32.9 Å². The summed E-state index contributed by atoms with van der Waals surface area (Å²) in [6.45, 7) is 6.62. The number of aryl methyl sites for hydroxylation is 1. The van der Waals surface area contributed by atoms with E-state index in [-0.39, 0.29) is 0 Å². The molecule has 0 aromatic heterocycles. The maximum Gasteiger partial charge on any atom is 0.0346 e. The normalized spacial score (nSPS) is 11.0. The molecule has 0 aliphatic carbocycles. The van der Waals surface area contributed by atoms with Crippen LogP contribution in [0.2, 0.25) is 0 Å². The number of hydrogen-bond donors (Lipinski definition) is 1. The molecular formula is C20H35N. The third-order valence-corrected chi connectivity index (χ3v) is 4.74. The number of nitrogen functional groups attached to an aromatic ring is 1. The minimum absolute atomic E-state index is 0.930. The van der Waals surface area contributed by atoms with Crippen LogP contribution in [0.15, 0.2) is 12.1 Å². The van der Waals surface area contributed by atoms with Crippen LogP contribution in [0, 0.1) is 13.8 Å². The third kappa shape index (κ3) is 7.02. The van der Waals surface area contributed by atoms with Crippen molar-refractivity contribution in [3.8, 4) is 0 Å². The van der Waals surface area contributed by atoms with Crippen molar-refractivity contribution in [1.82, 2.24) is 0 Å². The summed E-state index contributed by atoms with van der Waals surface area (Å²) in [6, 6.07) is 4.28. The summed E-state index contributed by atoms with van der Waals surface area (Å²) >= 11 is 0. The van der Waals surface area contributed by atoms with Crippen LogP contribution in [-0.4, -0.2) is 0 Å². The largest absolute Gasteiger partial charge is 0.399 e. The molecule has 0 bridgehead atoms. The molecule has 0 saturated heterocycles. The predicted octanol–water partition coefficient (Wildman–Crippen LogP) is 6.35. The smallest absolute Gasteiger partial charge is 0.0346 e. The zero-order chi connectivity index (χ0) is 15.5. The van der Waals surface area contributed by atoms with Gasteiger partial charge in [0.1, 0.15) is 0 Å². The molecule has 0 heterocycles. The summed E-state index contributed by atoms with van der Waals surface area (Å²) in [7, 11) is 0. The molecule has 0 unspecified atom stereocenters. The topological polar surface area (TPSA) is 26.0 Å². The highest BCUT2D eigenvalue weighted by Crippen LogP contribution is 2.21. The van der Waals surface area contributed by atoms with Gasteiger partial charge in [0.2, 0.25) is 0 Å². The van der Waals surface area contributed by atoms with Gasteiger partial charge < -0.3 is 5.73 Å². The lowest BCUT2D eigenvalue weighted by Crippen LogP contribution is -1.97. The van der Waals surface area contributed by atoms with E-state index < -0.39 is 0 Å². The molecule has 2 N–H and O–H groups in total. The van der Waals surface area contributed by atoms with Gasteiger partial charge in [0.05, 0.1) is 0 Å². The van der Waals surface area contributed by atoms with E-state index in [0.29, 0.717) is 0 Å². The molecule has 0 saturated carbocycles. The maximum absolute atomic E-state index is 5.94. The highest BCUT2D eigenvalue weighted by Gasteiger charge is 2.03. The average molecular weight is 290 g/mol. The van der Waals surface area contributed by atoms with Crippen molar-refractivity contribution in [2.45, 2.75) is 91.4 Å². The van der Waals surface area contributed by atoms with Crippen molar-refractivity contribution in [1.29, 1.82) is 0 Å². The third-order valence-electron chi connectivity index (χ3n) is 4.74. The number of hydrogen-bond acceptors (Lipinski definition) is 1. The standard InChI is InChI=1S/C20H35N/c1-4-5-6-7-8-9-10-11-12-13-14-19-15-16-20(21)18(3)17(19)2/h15-16H,4-14,21H2,1-3H3. The lowest BCUT2D eigenvalue weighted by atomic mass is 9.97. The summed E-state index contributed by atoms with van der Waals surface area (Å²) in [5.41, 5.74) is 11.0. The number of benzene rings is 1. The van der Waals surface area contributed by atoms with E-state index in [4.69, 9.17) is 5.73 Å². The molecule has 1 rings (SSSR count). The Hall–Kier alpha value is -0.980. The van der Waals surface area contributed by atoms with Gasteiger partial charge in [0.15, 0.2) is 0 Å². The number of unbranched alkanes of at least 4 members (excludes halogenated alkanes) is 9. The summed E-state index contributed by atoms with van der Waals surface area (Å²) in [6.07, 6.45) is 15.3. The number of rotatable bonds is 11. The Balaban J connectivity index is 2.06. The van der Waals surface area contributed by atoms with Crippen LogP contribution >= 0.6 is 0 Å². The lowest BCUT2D eigenvalue weighted by molar-refractivity contribution is 0.556. The van der Waals surface area contributed by atoms with Crippen molar-refractivity contribution in [2.24, 2.45) is 0 Å². The quantitative estimate of drug-likeness (QED) is 0.373. The van der Waals surface area contributed by atoms with Gasteiger partial charge in [-0.2, -0.15) is 0 Å². The van der Waals surface area contributed by atoms with Crippen LogP contribution in [0.4, 0.5) is 5.69 Å². The lowest BCUT2D eigenvalue weighted by Gasteiger charge is -2.11. The molecule has 0 radical (unpaired) electrons. The van der Waals surface area contributed by atoms with Crippen LogP contribution < -0.4 is 5.73 Å². The molecule has 0 aliphatic heterocycles. The van der Waals surface area contributed by atoms with Gasteiger partial charge in [-0.15, -0.1) is 0 Å². The van der Waals surface area contributed by atoms with Crippen LogP contribution in [0.5, 0.6) is 0 Å². The molecular weight excluding hydrogens is 254 g/mol. The second kappa shape index (κ2) is 10.7. The Morgan fingerprint density at radius 1 is 0.714 bits per heavy atom. The molecule has 0 amide bonds.